The molecule has 0 radical (unpaired) electrons. The van der Waals surface area contributed by atoms with Gasteiger partial charge in [0.2, 0.25) is 5.91 Å². The Kier molecular flexibility index (Phi) is 4.08. The fraction of sp³-hybridized carbons (Fsp3) is 0.0667. The lowest BCUT2D eigenvalue weighted by molar-refractivity contribution is -0.384. The largest absolute Gasteiger partial charge is 0.480 e. The van der Waals surface area contributed by atoms with Gasteiger partial charge in [-0.05, 0) is 12.1 Å². The van der Waals surface area contributed by atoms with Crippen molar-refractivity contribution in [2.24, 2.45) is 5.73 Å². The van der Waals surface area contributed by atoms with Gasteiger partial charge in [-0.15, -0.1) is 0 Å². The van der Waals surface area contributed by atoms with Crippen molar-refractivity contribution in [1.82, 2.24) is 14.1 Å². The fourth-order valence-electron chi connectivity index (χ4n) is 2.63. The van der Waals surface area contributed by atoms with Crippen LogP contribution >= 0.6 is 0 Å². The molecule has 0 atom stereocenters. The van der Waals surface area contributed by atoms with Crippen LogP contribution in [0.2, 0.25) is 0 Å². The third-order valence-corrected chi connectivity index (χ3v) is 3.82. The lowest BCUT2D eigenvalue weighted by Crippen LogP contribution is -2.37. The number of nitrogens with one attached hydrogen (secondary N) is 1. The van der Waals surface area contributed by atoms with E-state index in [9.17, 15) is 29.3 Å². The number of amides is 1. The van der Waals surface area contributed by atoms with Gasteiger partial charge in [0.15, 0.2) is 0 Å². The van der Waals surface area contributed by atoms with E-state index in [1.807, 2.05) is 0 Å². The lowest BCUT2D eigenvalue weighted by atomic mass is 10.2. The molecule has 12 heteroatoms. The second-order valence-corrected chi connectivity index (χ2v) is 5.53. The topological polar surface area (TPSA) is 183 Å². The molecule has 1 amide bonds. The van der Waals surface area contributed by atoms with E-state index < -0.39 is 40.2 Å². The van der Waals surface area contributed by atoms with Crippen molar-refractivity contribution in [3.63, 3.8) is 0 Å². The summed E-state index contributed by atoms with van der Waals surface area (Å²) in [5.41, 5.74) is 2.43. The summed E-state index contributed by atoms with van der Waals surface area (Å²) in [4.78, 5) is 59.0. The first-order valence-corrected chi connectivity index (χ1v) is 7.34. The SMILES string of the molecule is NC(=O)c1ccn(-c2cc3c(cc2[N+](=O)[O-])[nH]c(=O)c(=O)n3CC(=O)O)c1. The number of aliphatic carboxylic acids is 1. The number of carbonyl (C=O) groups is 2. The number of nitro benzene ring substituents is 1. The van der Waals surface area contributed by atoms with Crippen LogP contribution in [-0.4, -0.2) is 36.0 Å². The molecule has 0 fully saturated rings. The number of hydrogen-bond donors (Lipinski definition) is 3. The normalized spacial score (nSPS) is 10.8. The van der Waals surface area contributed by atoms with Gasteiger partial charge in [-0.25, -0.2) is 0 Å². The number of carboxylic acid groups (broad SMARTS) is 1. The number of carbonyl (C=O) groups excluding carboxylic acids is 1. The monoisotopic (exact) mass is 373 g/mol. The molecule has 4 N–H and O–H groups in total. The Bertz CT molecular complexity index is 1230. The van der Waals surface area contributed by atoms with Crippen molar-refractivity contribution < 1.29 is 19.6 Å². The number of H-pyrrole nitrogens is 1. The highest BCUT2D eigenvalue weighted by Crippen LogP contribution is 2.28. The molecule has 138 valence electrons. The van der Waals surface area contributed by atoms with Gasteiger partial charge in [0, 0.05) is 18.5 Å². The van der Waals surface area contributed by atoms with Crippen LogP contribution in [0.3, 0.4) is 0 Å². The minimum atomic E-state index is -1.37. The molecule has 2 heterocycles. The molecule has 0 spiro atoms. The van der Waals surface area contributed by atoms with Gasteiger partial charge in [-0.2, -0.15) is 0 Å². The van der Waals surface area contributed by atoms with Crippen LogP contribution in [0.1, 0.15) is 10.4 Å². The van der Waals surface area contributed by atoms with Gasteiger partial charge in [0.05, 0.1) is 21.5 Å². The molecule has 2 aromatic heterocycles. The summed E-state index contributed by atoms with van der Waals surface area (Å²) >= 11 is 0. The quantitative estimate of drug-likeness (QED) is 0.308. The molecule has 12 nitrogen and oxygen atoms in total. The third-order valence-electron chi connectivity index (χ3n) is 3.82. The van der Waals surface area contributed by atoms with Gasteiger partial charge >= 0.3 is 17.1 Å². The fourth-order valence-corrected chi connectivity index (χ4v) is 2.63. The minimum Gasteiger partial charge on any atom is -0.480 e. The molecule has 0 aliphatic carbocycles. The zero-order chi connectivity index (χ0) is 19.9. The van der Waals surface area contributed by atoms with E-state index >= 15 is 0 Å². The number of fused-ring (bicyclic) bond motifs is 1. The molecule has 3 rings (SSSR count). The average Bonchev–Trinajstić information content (AvgIpc) is 3.08. The summed E-state index contributed by atoms with van der Waals surface area (Å²) in [7, 11) is 0. The number of nitro groups is 1. The molecular weight excluding hydrogens is 362 g/mol. The molecule has 1 aromatic carbocycles. The first-order valence-electron chi connectivity index (χ1n) is 7.34. The number of rotatable bonds is 5. The summed E-state index contributed by atoms with van der Waals surface area (Å²) < 4.78 is 1.93. The first-order chi connectivity index (χ1) is 12.7. The van der Waals surface area contributed by atoms with Crippen LogP contribution in [0.25, 0.3) is 16.7 Å². The molecule has 0 aliphatic heterocycles. The number of carboxylic acids is 1. The number of aromatic amines is 1. The predicted molar refractivity (Wildman–Crippen MR) is 91.0 cm³/mol. The third kappa shape index (κ3) is 3.06. The maximum atomic E-state index is 12.0. The molecule has 0 aliphatic rings. The van der Waals surface area contributed by atoms with E-state index in [0.717, 1.165) is 6.07 Å². The number of benzene rings is 1. The highest BCUT2D eigenvalue weighted by molar-refractivity contribution is 5.93. The smallest absolute Gasteiger partial charge is 0.323 e. The van der Waals surface area contributed by atoms with Gasteiger partial charge < -0.3 is 20.4 Å². The maximum absolute atomic E-state index is 12.0. The van der Waals surface area contributed by atoms with Gasteiger partial charge in [-0.1, -0.05) is 0 Å². The second kappa shape index (κ2) is 6.25. The summed E-state index contributed by atoms with van der Waals surface area (Å²) in [6.45, 7) is -0.811. The van der Waals surface area contributed by atoms with Crippen LogP contribution in [0.15, 0.2) is 40.2 Å². The highest BCUT2D eigenvalue weighted by Gasteiger charge is 2.21. The van der Waals surface area contributed by atoms with Gasteiger partial charge in [0.1, 0.15) is 12.2 Å². The number of aromatic nitrogens is 3. The van der Waals surface area contributed by atoms with E-state index in [1.165, 1.54) is 29.1 Å². The molecule has 3 aromatic rings. The molecule has 0 bridgehead atoms. The van der Waals surface area contributed by atoms with Crippen molar-refractivity contribution >= 4 is 28.6 Å². The maximum Gasteiger partial charge on any atom is 0.323 e. The van der Waals surface area contributed by atoms with Crippen LogP contribution in [0.4, 0.5) is 5.69 Å². The second-order valence-electron chi connectivity index (χ2n) is 5.53. The number of primary amides is 1. The number of hydrogen-bond acceptors (Lipinski definition) is 6. The van der Waals surface area contributed by atoms with Crippen LogP contribution in [-0.2, 0) is 11.3 Å². The van der Waals surface area contributed by atoms with Crippen molar-refractivity contribution in [1.29, 1.82) is 0 Å². The summed E-state index contributed by atoms with van der Waals surface area (Å²) in [5.74, 6) is -2.12. The highest BCUT2D eigenvalue weighted by atomic mass is 16.6. The van der Waals surface area contributed by atoms with Crippen LogP contribution < -0.4 is 16.9 Å². The van der Waals surface area contributed by atoms with Crippen molar-refractivity contribution in [2.75, 3.05) is 0 Å². The summed E-state index contributed by atoms with van der Waals surface area (Å²) in [6, 6.07) is 3.53. The first kappa shape index (κ1) is 17.6. The molecule has 0 saturated carbocycles. The molecule has 27 heavy (non-hydrogen) atoms. The molecule has 0 unspecified atom stereocenters. The molecule has 0 saturated heterocycles. The standard InChI is InChI=1S/C15H11N5O7/c16-13(23)7-1-2-18(5-7)10-4-9-8(3-11(10)20(26)27)17-14(24)15(25)19(9)6-12(21)22/h1-5H,6H2,(H2,16,23)(H,17,24)(H,21,22). The van der Waals surface area contributed by atoms with Crippen molar-refractivity contribution in [3.05, 3.63) is 67.0 Å². The van der Waals surface area contributed by atoms with E-state index in [-0.39, 0.29) is 22.3 Å². The Hall–Kier alpha value is -4.22. The van der Waals surface area contributed by atoms with Gasteiger partial charge in [-0.3, -0.25) is 33.9 Å². The van der Waals surface area contributed by atoms with Gasteiger partial charge in [0.25, 0.3) is 5.69 Å². The number of nitrogens with two attached hydrogens (primary N) is 1. The van der Waals surface area contributed by atoms with Crippen LogP contribution in [0.5, 0.6) is 0 Å². The zero-order valence-corrected chi connectivity index (χ0v) is 13.4. The Labute approximate surface area is 148 Å². The average molecular weight is 373 g/mol. The van der Waals surface area contributed by atoms with E-state index in [0.29, 0.717) is 4.57 Å². The Morgan fingerprint density at radius 1 is 1.30 bits per heavy atom. The summed E-state index contributed by atoms with van der Waals surface area (Å²) in [6.07, 6.45) is 2.60. The van der Waals surface area contributed by atoms with E-state index in [2.05, 4.69) is 4.98 Å². The van der Waals surface area contributed by atoms with E-state index in [4.69, 9.17) is 10.8 Å². The van der Waals surface area contributed by atoms with E-state index in [1.54, 1.807) is 0 Å². The number of nitrogens with zero attached hydrogens (tertiary/aromatic N) is 3. The molecular formula is C15H11N5O7. The van der Waals surface area contributed by atoms with Crippen LogP contribution in [0, 0.1) is 10.1 Å². The zero-order valence-electron chi connectivity index (χ0n) is 13.4. The Balaban J connectivity index is 2.39. The minimum absolute atomic E-state index is 0.0306. The van der Waals surface area contributed by atoms with Crippen molar-refractivity contribution in [3.8, 4) is 5.69 Å². The van der Waals surface area contributed by atoms with Crippen molar-refractivity contribution in [2.45, 2.75) is 6.54 Å². The lowest BCUT2D eigenvalue weighted by Gasteiger charge is -2.10. The Morgan fingerprint density at radius 3 is 2.56 bits per heavy atom. The predicted octanol–water partition coefficient (Wildman–Crippen LogP) is -0.428. The summed E-state index contributed by atoms with van der Waals surface area (Å²) in [5, 5.41) is 20.4. The Morgan fingerprint density at radius 2 is 2.00 bits per heavy atom.